The molecule has 0 aliphatic carbocycles. The van der Waals surface area contributed by atoms with Crippen molar-refractivity contribution in [3.63, 3.8) is 0 Å². The molecule has 0 radical (unpaired) electrons. The average Bonchev–Trinajstić information content (AvgIpc) is 2.80. The Hall–Kier alpha value is -1.07. The van der Waals surface area contributed by atoms with Gasteiger partial charge >= 0.3 is 0 Å². The van der Waals surface area contributed by atoms with E-state index in [9.17, 15) is 4.79 Å². The van der Waals surface area contributed by atoms with Gasteiger partial charge in [0.15, 0.2) is 0 Å². The molecule has 2 N–H and O–H groups in total. The van der Waals surface area contributed by atoms with Crippen LogP contribution >= 0.6 is 11.3 Å². The van der Waals surface area contributed by atoms with Gasteiger partial charge in [0.25, 0.3) is 5.91 Å². The Morgan fingerprint density at radius 2 is 1.85 bits per heavy atom. The summed E-state index contributed by atoms with van der Waals surface area (Å²) in [6.07, 6.45) is 1.03. The van der Waals surface area contributed by atoms with E-state index in [1.54, 1.807) is 11.3 Å². The van der Waals surface area contributed by atoms with Gasteiger partial charge in [-0.3, -0.25) is 4.79 Å². The van der Waals surface area contributed by atoms with E-state index in [2.05, 4.69) is 22.6 Å². The molecule has 5 heteroatoms. The minimum Gasteiger partial charge on any atom is -0.357 e. The minimum absolute atomic E-state index is 0.0397. The minimum atomic E-state index is 0.0397. The van der Waals surface area contributed by atoms with Crippen molar-refractivity contribution in [2.75, 3.05) is 18.9 Å². The molecule has 0 saturated heterocycles. The molecule has 20 heavy (non-hydrogen) atoms. The molecule has 0 saturated carbocycles. The summed E-state index contributed by atoms with van der Waals surface area (Å²) >= 11 is 1.74. The van der Waals surface area contributed by atoms with Gasteiger partial charge in [0.1, 0.15) is 5.00 Å². The Bertz CT molecular complexity index is 456. The van der Waals surface area contributed by atoms with Gasteiger partial charge in [-0.2, -0.15) is 0 Å². The highest BCUT2D eigenvalue weighted by molar-refractivity contribution is 7.16. The molecule has 0 fully saturated rings. The third-order valence-corrected chi connectivity index (χ3v) is 4.32. The van der Waals surface area contributed by atoms with Crippen LogP contribution in [0.2, 0.25) is 0 Å². The molecule has 2 aliphatic heterocycles. The standard InChI is InChI=1S/C11H15N3OS.2C2H6/c1-6-12-10(15)9-7-3-4-14(2)5-8(7)16-11(9)13-6;2*1-2/h6,13H,3-5H2,1-2H3,(H,12,15);2*1-2H3. The highest BCUT2D eigenvalue weighted by Gasteiger charge is 2.30. The van der Waals surface area contributed by atoms with Crippen molar-refractivity contribution in [2.24, 2.45) is 0 Å². The fraction of sp³-hybridized carbons (Fsp3) is 0.667. The maximum atomic E-state index is 12.0. The molecule has 1 aromatic heterocycles. The molecule has 3 rings (SSSR count). The smallest absolute Gasteiger partial charge is 0.256 e. The van der Waals surface area contributed by atoms with Gasteiger partial charge in [-0.15, -0.1) is 11.3 Å². The van der Waals surface area contributed by atoms with Crippen LogP contribution in [0.25, 0.3) is 0 Å². The first-order chi connectivity index (χ1) is 9.65. The molecular weight excluding hydrogens is 270 g/mol. The maximum absolute atomic E-state index is 12.0. The second-order valence-electron chi connectivity index (χ2n) is 4.54. The first-order valence-corrected chi connectivity index (χ1v) is 8.37. The number of hydrogen-bond donors (Lipinski definition) is 2. The Kier molecular flexibility index (Phi) is 6.49. The zero-order valence-electron chi connectivity index (χ0n) is 13.5. The van der Waals surface area contributed by atoms with Crippen molar-refractivity contribution in [2.45, 2.75) is 53.8 Å². The van der Waals surface area contributed by atoms with Crippen LogP contribution in [-0.2, 0) is 13.0 Å². The van der Waals surface area contributed by atoms with Crippen LogP contribution < -0.4 is 10.6 Å². The zero-order chi connectivity index (χ0) is 15.3. The van der Waals surface area contributed by atoms with Crippen molar-refractivity contribution in [1.29, 1.82) is 0 Å². The second kappa shape index (κ2) is 7.64. The Balaban J connectivity index is 0.000000461. The van der Waals surface area contributed by atoms with Crippen molar-refractivity contribution >= 4 is 22.2 Å². The summed E-state index contributed by atoms with van der Waals surface area (Å²) in [5, 5.41) is 7.31. The lowest BCUT2D eigenvalue weighted by molar-refractivity contribution is 0.0938. The van der Waals surface area contributed by atoms with Gasteiger partial charge in [-0.1, -0.05) is 27.7 Å². The number of amides is 1. The summed E-state index contributed by atoms with van der Waals surface area (Å²) in [6.45, 7) is 12.0. The first kappa shape index (κ1) is 17.0. The summed E-state index contributed by atoms with van der Waals surface area (Å²) in [6, 6.07) is 0. The van der Waals surface area contributed by atoms with E-state index in [-0.39, 0.29) is 12.1 Å². The molecule has 3 heterocycles. The molecular formula is C15H27N3OS. The summed E-state index contributed by atoms with van der Waals surface area (Å²) in [4.78, 5) is 15.6. The monoisotopic (exact) mass is 297 g/mol. The number of anilines is 1. The third-order valence-electron chi connectivity index (χ3n) is 3.17. The predicted octanol–water partition coefficient (Wildman–Crippen LogP) is 3.29. The summed E-state index contributed by atoms with van der Waals surface area (Å²) in [5.74, 6) is 0.0864. The number of nitrogens with zero attached hydrogens (tertiary/aromatic N) is 1. The van der Waals surface area contributed by atoms with Crippen LogP contribution in [0.15, 0.2) is 0 Å². The van der Waals surface area contributed by atoms with E-state index >= 15 is 0 Å². The molecule has 2 aliphatic rings. The van der Waals surface area contributed by atoms with Crippen molar-refractivity contribution in [1.82, 2.24) is 10.2 Å². The Labute approximate surface area is 126 Å². The molecule has 114 valence electrons. The van der Waals surface area contributed by atoms with Crippen molar-refractivity contribution in [3.05, 3.63) is 16.0 Å². The first-order valence-electron chi connectivity index (χ1n) is 7.55. The molecule has 1 aromatic rings. The number of likely N-dealkylation sites (N-methyl/N-ethyl adjacent to an activating group) is 1. The number of carbonyl (C=O) groups is 1. The third kappa shape index (κ3) is 3.33. The van der Waals surface area contributed by atoms with E-state index in [4.69, 9.17) is 0 Å². The van der Waals surface area contributed by atoms with Crippen molar-refractivity contribution in [3.8, 4) is 0 Å². The second-order valence-corrected chi connectivity index (χ2v) is 5.64. The lowest BCUT2D eigenvalue weighted by Crippen LogP contribution is -2.42. The maximum Gasteiger partial charge on any atom is 0.256 e. The van der Waals surface area contributed by atoms with Crippen LogP contribution in [-0.4, -0.2) is 30.6 Å². The van der Waals surface area contributed by atoms with Crippen molar-refractivity contribution < 1.29 is 4.79 Å². The number of thiophene rings is 1. The number of fused-ring (bicyclic) bond motifs is 3. The summed E-state index contributed by atoms with van der Waals surface area (Å²) < 4.78 is 0. The Morgan fingerprint density at radius 3 is 2.50 bits per heavy atom. The van der Waals surface area contributed by atoms with Gasteiger partial charge in [0.2, 0.25) is 0 Å². The fourth-order valence-electron chi connectivity index (χ4n) is 2.37. The fourth-order valence-corrected chi connectivity index (χ4v) is 3.79. The zero-order valence-corrected chi connectivity index (χ0v) is 14.3. The van der Waals surface area contributed by atoms with Crippen LogP contribution in [0.4, 0.5) is 5.00 Å². The van der Waals surface area contributed by atoms with E-state index in [0.717, 1.165) is 30.1 Å². The number of nitrogens with one attached hydrogen (secondary N) is 2. The van der Waals surface area contributed by atoms with Gasteiger partial charge in [0, 0.05) is 18.0 Å². The molecule has 0 bridgehead atoms. The van der Waals surface area contributed by atoms with E-state index in [1.165, 1.54) is 10.4 Å². The lowest BCUT2D eigenvalue weighted by atomic mass is 10.0. The van der Waals surface area contributed by atoms with Crippen LogP contribution in [0.3, 0.4) is 0 Å². The van der Waals surface area contributed by atoms with E-state index < -0.39 is 0 Å². The Morgan fingerprint density at radius 1 is 1.20 bits per heavy atom. The number of carbonyl (C=O) groups excluding carboxylic acids is 1. The van der Waals surface area contributed by atoms with Gasteiger partial charge in [-0.05, 0) is 26.0 Å². The average molecular weight is 297 g/mol. The molecule has 0 aromatic carbocycles. The van der Waals surface area contributed by atoms with Gasteiger partial charge in [0.05, 0.1) is 11.7 Å². The molecule has 1 unspecified atom stereocenters. The van der Waals surface area contributed by atoms with Crippen LogP contribution in [0.1, 0.15) is 55.4 Å². The quantitative estimate of drug-likeness (QED) is 0.772. The predicted molar refractivity (Wildman–Crippen MR) is 87.6 cm³/mol. The summed E-state index contributed by atoms with van der Waals surface area (Å²) in [7, 11) is 2.12. The highest BCUT2D eigenvalue weighted by Crippen LogP contribution is 2.38. The molecule has 1 amide bonds. The van der Waals surface area contributed by atoms with E-state index in [1.807, 2.05) is 34.6 Å². The molecule has 4 nitrogen and oxygen atoms in total. The lowest BCUT2D eigenvalue weighted by Gasteiger charge is -2.24. The van der Waals surface area contributed by atoms with E-state index in [0.29, 0.717) is 0 Å². The molecule has 0 spiro atoms. The normalized spacial score (nSPS) is 20.1. The topological polar surface area (TPSA) is 44.4 Å². The van der Waals surface area contributed by atoms with Gasteiger partial charge < -0.3 is 15.5 Å². The SMILES string of the molecule is CC.CC.CC1NC(=O)c2c(sc3c2CCN(C)C3)N1. The van der Waals surface area contributed by atoms with Crippen LogP contribution in [0, 0.1) is 0 Å². The van der Waals surface area contributed by atoms with Crippen LogP contribution in [0.5, 0.6) is 0 Å². The highest BCUT2D eigenvalue weighted by atomic mass is 32.1. The summed E-state index contributed by atoms with van der Waals surface area (Å²) in [5.41, 5.74) is 2.15. The number of hydrogen-bond acceptors (Lipinski definition) is 4. The largest absolute Gasteiger partial charge is 0.357 e. The molecule has 1 atom stereocenters. The number of rotatable bonds is 0. The van der Waals surface area contributed by atoms with Gasteiger partial charge in [-0.25, -0.2) is 0 Å².